The Morgan fingerprint density at radius 1 is 1.57 bits per heavy atom. The van der Waals surface area contributed by atoms with Crippen molar-refractivity contribution >= 4 is 5.69 Å². The third-order valence-electron chi connectivity index (χ3n) is 2.46. The van der Waals surface area contributed by atoms with Crippen LogP contribution in [0.1, 0.15) is 17.9 Å². The number of rotatable bonds is 2. The third kappa shape index (κ3) is 1.42. The number of hydrogen-bond donors (Lipinski definition) is 2. The van der Waals surface area contributed by atoms with Crippen molar-refractivity contribution in [2.45, 2.75) is 18.4 Å². The summed E-state index contributed by atoms with van der Waals surface area (Å²) in [7, 11) is 0. The van der Waals surface area contributed by atoms with Crippen LogP contribution in [0.4, 0.5) is 5.69 Å². The van der Waals surface area contributed by atoms with Gasteiger partial charge in [0.25, 0.3) is 0 Å². The van der Waals surface area contributed by atoms with Gasteiger partial charge in [-0.2, -0.15) is 0 Å². The van der Waals surface area contributed by atoms with Crippen LogP contribution in [0.2, 0.25) is 0 Å². The predicted octanol–water partition coefficient (Wildman–Crippen LogP) is 1.11. The number of benzene rings is 1. The highest BCUT2D eigenvalue weighted by atomic mass is 16.6. The molecular weight excluding hydrogens is 184 g/mol. The molecule has 0 spiro atoms. The largest absolute Gasteiger partial charge is 0.502 e. The van der Waals surface area contributed by atoms with Crippen molar-refractivity contribution in [3.8, 4) is 5.75 Å². The van der Waals surface area contributed by atoms with Crippen LogP contribution in [-0.4, -0.2) is 16.1 Å². The Balaban J connectivity index is 2.31. The van der Waals surface area contributed by atoms with Crippen molar-refractivity contribution in [1.82, 2.24) is 0 Å². The Hall–Kier alpha value is -1.62. The average molecular weight is 194 g/mol. The smallest absolute Gasteiger partial charge is 0.310 e. The van der Waals surface area contributed by atoms with Gasteiger partial charge < -0.3 is 10.8 Å². The Labute approximate surface area is 80.3 Å². The minimum absolute atomic E-state index is 0.135. The van der Waals surface area contributed by atoms with Crippen LogP contribution in [0.3, 0.4) is 0 Å². The van der Waals surface area contributed by atoms with Crippen LogP contribution >= 0.6 is 0 Å². The number of aromatic hydroxyl groups is 1. The monoisotopic (exact) mass is 194 g/mol. The van der Waals surface area contributed by atoms with E-state index in [-0.39, 0.29) is 23.4 Å². The first-order valence-corrected chi connectivity index (χ1v) is 4.32. The summed E-state index contributed by atoms with van der Waals surface area (Å²) < 4.78 is 0. The highest BCUT2D eigenvalue weighted by Gasteiger charge is 2.35. The molecule has 1 aromatic carbocycles. The Kier molecular flexibility index (Phi) is 1.89. The summed E-state index contributed by atoms with van der Waals surface area (Å²) in [6.07, 6.45) is 0.886. The minimum atomic E-state index is -0.605. The average Bonchev–Trinajstić information content (AvgIpc) is 2.81. The van der Waals surface area contributed by atoms with Gasteiger partial charge in [-0.25, -0.2) is 0 Å². The van der Waals surface area contributed by atoms with E-state index in [2.05, 4.69) is 0 Å². The molecule has 74 valence electrons. The van der Waals surface area contributed by atoms with Crippen LogP contribution in [0.25, 0.3) is 0 Å². The lowest BCUT2D eigenvalue weighted by Gasteiger charge is -2.00. The normalized spacial score (nSPS) is 24.6. The summed E-state index contributed by atoms with van der Waals surface area (Å²) in [5.74, 6) is -0.0340. The minimum Gasteiger partial charge on any atom is -0.502 e. The fourth-order valence-corrected chi connectivity index (χ4v) is 1.52. The van der Waals surface area contributed by atoms with Crippen molar-refractivity contribution in [2.75, 3.05) is 0 Å². The SMILES string of the molecule is N[C@@H]1C[C@H]1c1ccc([N+](=O)[O-])c(O)c1. The van der Waals surface area contributed by atoms with E-state index in [1.54, 1.807) is 6.07 Å². The van der Waals surface area contributed by atoms with E-state index in [0.717, 1.165) is 12.0 Å². The molecule has 0 aliphatic heterocycles. The van der Waals surface area contributed by atoms with Crippen LogP contribution in [-0.2, 0) is 0 Å². The van der Waals surface area contributed by atoms with Gasteiger partial charge in [0.1, 0.15) is 0 Å². The molecular formula is C9H10N2O3. The summed E-state index contributed by atoms with van der Waals surface area (Å²) in [4.78, 5) is 9.80. The highest BCUT2D eigenvalue weighted by molar-refractivity contribution is 5.49. The maximum atomic E-state index is 10.4. The fourth-order valence-electron chi connectivity index (χ4n) is 1.52. The van der Waals surface area contributed by atoms with Crippen LogP contribution < -0.4 is 5.73 Å². The standard InChI is InChI=1S/C9H10N2O3/c10-7-4-6(7)5-1-2-8(11(13)14)9(12)3-5/h1-3,6-7,12H,4,10H2/t6-,7+/m0/s1. The van der Waals surface area contributed by atoms with Gasteiger partial charge in [-0.3, -0.25) is 10.1 Å². The van der Waals surface area contributed by atoms with Crippen LogP contribution in [0.5, 0.6) is 5.75 Å². The number of nitrogens with zero attached hydrogens (tertiary/aromatic N) is 1. The summed E-state index contributed by atoms with van der Waals surface area (Å²) in [6.45, 7) is 0. The van der Waals surface area contributed by atoms with E-state index in [1.807, 2.05) is 0 Å². The molecule has 1 aliphatic carbocycles. The first kappa shape index (κ1) is 8.96. The molecule has 1 aliphatic rings. The zero-order chi connectivity index (χ0) is 10.3. The second-order valence-electron chi connectivity index (χ2n) is 3.51. The third-order valence-corrected chi connectivity index (χ3v) is 2.46. The second-order valence-corrected chi connectivity index (χ2v) is 3.51. The summed E-state index contributed by atoms with van der Waals surface area (Å²) in [5, 5.41) is 19.7. The van der Waals surface area contributed by atoms with Crippen molar-refractivity contribution < 1.29 is 10.0 Å². The molecule has 0 saturated heterocycles. The van der Waals surface area contributed by atoms with Gasteiger partial charge in [0.05, 0.1) is 4.92 Å². The lowest BCUT2D eigenvalue weighted by molar-refractivity contribution is -0.385. The van der Waals surface area contributed by atoms with Gasteiger partial charge in [-0.15, -0.1) is 0 Å². The molecule has 0 heterocycles. The summed E-state index contributed by atoms with van der Waals surface area (Å²) >= 11 is 0. The molecule has 2 atom stereocenters. The molecule has 14 heavy (non-hydrogen) atoms. The van der Waals surface area contributed by atoms with Crippen LogP contribution in [0, 0.1) is 10.1 Å². The maximum Gasteiger partial charge on any atom is 0.310 e. The number of phenolic OH excluding ortho intramolecular Hbond substituents is 1. The van der Waals surface area contributed by atoms with Crippen LogP contribution in [0.15, 0.2) is 18.2 Å². The van der Waals surface area contributed by atoms with E-state index >= 15 is 0 Å². The molecule has 5 nitrogen and oxygen atoms in total. The number of phenols is 1. The van der Waals surface area contributed by atoms with Crippen molar-refractivity contribution in [2.24, 2.45) is 5.73 Å². The Morgan fingerprint density at radius 2 is 2.21 bits per heavy atom. The van der Waals surface area contributed by atoms with Crippen molar-refractivity contribution in [1.29, 1.82) is 0 Å². The molecule has 0 unspecified atom stereocenters. The molecule has 3 N–H and O–H groups in total. The molecule has 0 bridgehead atoms. The molecule has 0 radical (unpaired) electrons. The zero-order valence-electron chi connectivity index (χ0n) is 7.38. The van der Waals surface area contributed by atoms with Gasteiger partial charge in [0.15, 0.2) is 5.75 Å². The predicted molar refractivity (Wildman–Crippen MR) is 50.1 cm³/mol. The molecule has 0 amide bonds. The number of hydrogen-bond acceptors (Lipinski definition) is 4. The lowest BCUT2D eigenvalue weighted by Crippen LogP contribution is -2.01. The van der Waals surface area contributed by atoms with Crippen molar-refractivity contribution in [3.05, 3.63) is 33.9 Å². The Morgan fingerprint density at radius 3 is 2.64 bits per heavy atom. The van der Waals surface area contributed by atoms with Gasteiger partial charge in [0, 0.05) is 18.0 Å². The number of nitro benzene ring substituents is 1. The first-order chi connectivity index (χ1) is 6.59. The van der Waals surface area contributed by atoms with E-state index in [9.17, 15) is 15.2 Å². The number of nitro groups is 1. The quantitative estimate of drug-likeness (QED) is 0.545. The topological polar surface area (TPSA) is 89.4 Å². The van der Waals surface area contributed by atoms with Gasteiger partial charge in [0.2, 0.25) is 0 Å². The second kappa shape index (κ2) is 2.95. The fraction of sp³-hybridized carbons (Fsp3) is 0.333. The van der Waals surface area contributed by atoms with E-state index in [4.69, 9.17) is 5.73 Å². The molecule has 5 heteroatoms. The van der Waals surface area contributed by atoms with E-state index < -0.39 is 4.92 Å². The summed E-state index contributed by atoms with van der Waals surface area (Å²) in [5.41, 5.74) is 6.25. The van der Waals surface area contributed by atoms with Gasteiger partial charge >= 0.3 is 5.69 Å². The van der Waals surface area contributed by atoms with E-state index in [1.165, 1.54) is 12.1 Å². The molecule has 1 saturated carbocycles. The zero-order valence-corrected chi connectivity index (χ0v) is 7.38. The lowest BCUT2D eigenvalue weighted by atomic mass is 10.1. The van der Waals surface area contributed by atoms with E-state index in [0.29, 0.717) is 0 Å². The Bertz CT molecular complexity index is 392. The first-order valence-electron chi connectivity index (χ1n) is 4.32. The molecule has 1 fully saturated rings. The molecule has 1 aromatic rings. The molecule has 2 rings (SSSR count). The number of nitrogens with two attached hydrogens (primary N) is 1. The maximum absolute atomic E-state index is 10.4. The van der Waals surface area contributed by atoms with Gasteiger partial charge in [-0.1, -0.05) is 6.07 Å². The van der Waals surface area contributed by atoms with Crippen molar-refractivity contribution in [3.63, 3.8) is 0 Å². The highest BCUT2D eigenvalue weighted by Crippen LogP contribution is 2.41. The molecule has 0 aromatic heterocycles. The summed E-state index contributed by atoms with van der Waals surface area (Å²) in [6, 6.07) is 4.52. The van der Waals surface area contributed by atoms with Gasteiger partial charge in [-0.05, 0) is 18.1 Å².